The molecule has 0 spiro atoms. The molecule has 70 heavy (non-hydrogen) atoms. The fourth-order valence-electron chi connectivity index (χ4n) is 8.62. The molecule has 0 fully saturated rings. The Balaban J connectivity index is 0.000000206. The lowest BCUT2D eigenvalue weighted by molar-refractivity contribution is -0.138. The number of nitrogens with zero attached hydrogens (tertiary/aromatic N) is 6. The number of carbonyl (C=O) groups excluding carboxylic acids is 2. The van der Waals surface area contributed by atoms with Gasteiger partial charge in [-0.05, 0) is 53.4 Å². The number of benzene rings is 4. The van der Waals surface area contributed by atoms with Gasteiger partial charge in [0.25, 0.3) is 11.8 Å². The highest BCUT2D eigenvalue weighted by Gasteiger charge is 2.36. The molecular weight excluding hydrogens is 885 g/mol. The van der Waals surface area contributed by atoms with Crippen LogP contribution in [0.15, 0.2) is 97.1 Å². The second kappa shape index (κ2) is 23.4. The number of rotatable bonds is 18. The van der Waals surface area contributed by atoms with Crippen molar-refractivity contribution < 1.29 is 39.6 Å². The fraction of sp³-hybridized carbons (Fsp3) is 0.357. The minimum atomic E-state index is -1.15. The number of aliphatic hydroxyl groups is 2. The minimum absolute atomic E-state index is 0.128. The van der Waals surface area contributed by atoms with Gasteiger partial charge in [0.15, 0.2) is 11.6 Å². The molecule has 0 aliphatic carbocycles. The van der Waals surface area contributed by atoms with Gasteiger partial charge in [0.05, 0.1) is 34.2 Å². The van der Waals surface area contributed by atoms with Crippen molar-refractivity contribution in [2.75, 3.05) is 22.9 Å². The lowest BCUT2D eigenvalue weighted by Gasteiger charge is -2.31. The minimum Gasteiger partial charge on any atom is -0.481 e. The summed E-state index contributed by atoms with van der Waals surface area (Å²) >= 11 is 0. The largest absolute Gasteiger partial charge is 0.481 e. The zero-order chi connectivity index (χ0) is 49.9. The van der Waals surface area contributed by atoms with Crippen LogP contribution in [-0.4, -0.2) is 89.4 Å². The summed E-state index contributed by atoms with van der Waals surface area (Å²) in [6, 6.07) is 32.3. The lowest BCUT2D eigenvalue weighted by atomic mass is 10.00. The number of aromatic nitrogens is 4. The maximum absolute atomic E-state index is 12.9. The number of anilines is 2. The van der Waals surface area contributed by atoms with E-state index in [-0.39, 0.29) is 37.5 Å². The number of fused-ring (bicyclic) bond motifs is 2. The third kappa shape index (κ3) is 12.7. The Morgan fingerprint density at radius 2 is 0.714 bits per heavy atom. The molecule has 2 aromatic heterocycles. The van der Waals surface area contributed by atoms with Crippen molar-refractivity contribution in [3.63, 3.8) is 0 Å². The summed E-state index contributed by atoms with van der Waals surface area (Å²) in [6.07, 6.45) is 4.00. The maximum Gasteiger partial charge on any atom is 0.303 e. The van der Waals surface area contributed by atoms with Gasteiger partial charge in [-0.2, -0.15) is 0 Å². The highest BCUT2D eigenvalue weighted by atomic mass is 16.4. The molecule has 6 aromatic rings. The van der Waals surface area contributed by atoms with Crippen molar-refractivity contribution in [2.24, 2.45) is 0 Å². The first-order chi connectivity index (χ1) is 33.7. The van der Waals surface area contributed by atoms with Gasteiger partial charge >= 0.3 is 11.9 Å². The number of amides is 2. The molecule has 2 aliphatic heterocycles. The average molecular weight is 947 g/mol. The Bertz CT molecular complexity index is 2600. The predicted octanol–water partition coefficient (Wildman–Crippen LogP) is 9.43. The molecule has 4 N–H and O–H groups in total. The molecule has 14 heteroatoms. The summed E-state index contributed by atoms with van der Waals surface area (Å²) in [7, 11) is 0. The van der Waals surface area contributed by atoms with Gasteiger partial charge in [-0.25, -0.2) is 19.9 Å². The first-order valence-corrected chi connectivity index (χ1v) is 24.2. The Hall–Kier alpha value is -7.16. The van der Waals surface area contributed by atoms with Crippen LogP contribution in [-0.2, 0) is 32.0 Å². The van der Waals surface area contributed by atoms with Crippen LogP contribution in [0.2, 0.25) is 0 Å². The molecule has 14 nitrogen and oxygen atoms in total. The van der Waals surface area contributed by atoms with Crippen LogP contribution in [0.1, 0.15) is 97.8 Å². The summed E-state index contributed by atoms with van der Waals surface area (Å²) in [6.45, 7) is 8.93. The summed E-state index contributed by atoms with van der Waals surface area (Å²) in [4.78, 5) is 70.2. The number of aliphatic carboxylic acids is 2. The van der Waals surface area contributed by atoms with Crippen LogP contribution in [0.3, 0.4) is 0 Å². The number of aryl methyl sites for hydroxylation is 4. The molecule has 2 aliphatic rings. The number of hydrogen-bond donors (Lipinski definition) is 4. The van der Waals surface area contributed by atoms with Gasteiger partial charge in [-0.15, -0.1) is 0 Å². The monoisotopic (exact) mass is 946 g/mol. The molecule has 0 radical (unpaired) electrons. The number of hydrogen-bond acceptors (Lipinski definition) is 10. The quantitative estimate of drug-likeness (QED) is 0.0595. The van der Waals surface area contributed by atoms with E-state index in [2.05, 4.69) is 0 Å². The predicted molar refractivity (Wildman–Crippen MR) is 270 cm³/mol. The maximum atomic E-state index is 12.9. The molecule has 364 valence electrons. The number of carbonyl (C=O) groups is 4. The Kier molecular flexibility index (Phi) is 17.0. The van der Waals surface area contributed by atoms with Crippen LogP contribution in [0.25, 0.3) is 45.0 Å². The van der Waals surface area contributed by atoms with Crippen LogP contribution < -0.4 is 9.80 Å². The molecule has 4 heterocycles. The number of carboxylic acids is 2. The van der Waals surface area contributed by atoms with E-state index < -0.39 is 24.1 Å². The van der Waals surface area contributed by atoms with Gasteiger partial charge < -0.3 is 20.4 Å². The van der Waals surface area contributed by atoms with E-state index in [0.29, 0.717) is 73.2 Å². The molecule has 8 rings (SSSR count). The summed E-state index contributed by atoms with van der Waals surface area (Å²) < 4.78 is 0. The van der Waals surface area contributed by atoms with E-state index in [1.807, 2.05) is 125 Å². The first kappa shape index (κ1) is 50.7. The van der Waals surface area contributed by atoms with E-state index in [1.165, 1.54) is 0 Å². The van der Waals surface area contributed by atoms with Crippen molar-refractivity contribution in [1.29, 1.82) is 0 Å². The second-order valence-corrected chi connectivity index (χ2v) is 18.4. The van der Waals surface area contributed by atoms with Gasteiger partial charge in [0.1, 0.15) is 12.2 Å². The molecule has 4 aromatic carbocycles. The van der Waals surface area contributed by atoms with Crippen molar-refractivity contribution in [1.82, 2.24) is 19.9 Å². The standard InChI is InChI=1S/2C28H31N3O4/c2*1-18-8-12-20(13-9-18)25-26(21-14-10-19(2)11-15-21)30-27-22(29-25)17-23(32)28(35)31(27)16-6-4-3-5-7-24(33)34/h2*8-15,23,32H,3-7,16-17H2,1-2H3,(H,33,34)/t2*23-/m10/s1. The van der Waals surface area contributed by atoms with E-state index >= 15 is 0 Å². The van der Waals surface area contributed by atoms with Crippen LogP contribution in [0.5, 0.6) is 0 Å². The van der Waals surface area contributed by atoms with Gasteiger partial charge in [0, 0.05) is 61.0 Å². The van der Waals surface area contributed by atoms with Crippen LogP contribution in [0.4, 0.5) is 11.6 Å². The normalized spacial score (nSPS) is 15.2. The summed E-state index contributed by atoms with van der Waals surface area (Å²) in [5.41, 5.74) is 12.3. The zero-order valence-corrected chi connectivity index (χ0v) is 40.4. The van der Waals surface area contributed by atoms with E-state index in [4.69, 9.17) is 30.1 Å². The van der Waals surface area contributed by atoms with E-state index in [1.54, 1.807) is 9.80 Å². The van der Waals surface area contributed by atoms with Crippen molar-refractivity contribution in [2.45, 2.75) is 117 Å². The van der Waals surface area contributed by atoms with Crippen molar-refractivity contribution in [3.8, 4) is 45.0 Å². The van der Waals surface area contributed by atoms with Crippen molar-refractivity contribution >= 4 is 35.4 Å². The molecular formula is C56H62N6O8. The number of carboxylic acid groups (broad SMARTS) is 2. The Morgan fingerprint density at radius 1 is 0.443 bits per heavy atom. The van der Waals surface area contributed by atoms with Crippen LogP contribution >= 0.6 is 0 Å². The SMILES string of the molecule is Cc1ccc(-c2nc3c(nc2-c2ccc(C)cc2)N(CCCCCCC(=O)O)C(=O)[C@@H](O)C3)cc1.Cc1ccc(-c2nc3c(nc2-c2ccc(C)cc2)N(CCCCCCC(=O)O)C(=O)[C@H](O)C3)cc1. The summed E-state index contributed by atoms with van der Waals surface area (Å²) in [5, 5.41) is 38.6. The van der Waals surface area contributed by atoms with Gasteiger partial charge in [-0.3, -0.25) is 29.0 Å². The van der Waals surface area contributed by atoms with Crippen LogP contribution in [0, 0.1) is 27.7 Å². The van der Waals surface area contributed by atoms with Gasteiger partial charge in [-0.1, -0.05) is 145 Å². The van der Waals surface area contributed by atoms with E-state index in [9.17, 15) is 29.4 Å². The first-order valence-electron chi connectivity index (χ1n) is 24.2. The highest BCUT2D eigenvalue weighted by Crippen LogP contribution is 2.37. The fourth-order valence-corrected chi connectivity index (χ4v) is 8.62. The second-order valence-electron chi connectivity index (χ2n) is 18.4. The topological polar surface area (TPSA) is 207 Å². The molecule has 0 saturated heterocycles. The molecule has 0 saturated carbocycles. The number of unbranched alkanes of at least 4 members (excludes halogenated alkanes) is 6. The molecule has 2 amide bonds. The van der Waals surface area contributed by atoms with Gasteiger partial charge in [0.2, 0.25) is 0 Å². The van der Waals surface area contributed by atoms with Crippen molar-refractivity contribution in [3.05, 3.63) is 131 Å². The van der Waals surface area contributed by atoms with E-state index in [0.717, 1.165) is 81.6 Å². The summed E-state index contributed by atoms with van der Waals surface area (Å²) in [5.74, 6) is -1.33. The Labute approximate surface area is 409 Å². The number of aliphatic hydroxyl groups excluding tert-OH is 2. The average Bonchev–Trinajstić information content (AvgIpc) is 3.34. The Morgan fingerprint density at radius 3 is 1.00 bits per heavy atom. The third-order valence-electron chi connectivity index (χ3n) is 12.6. The highest BCUT2D eigenvalue weighted by molar-refractivity contribution is 6.00. The molecule has 0 unspecified atom stereocenters. The smallest absolute Gasteiger partial charge is 0.303 e. The lowest BCUT2D eigenvalue weighted by Crippen LogP contribution is -2.46. The zero-order valence-electron chi connectivity index (χ0n) is 40.4. The molecule has 0 bridgehead atoms. The third-order valence-corrected chi connectivity index (χ3v) is 12.6. The molecule has 2 atom stereocenters.